The number of carbonyl (C=O) groups is 1. The zero-order valence-corrected chi connectivity index (χ0v) is 14.0. The average molecular weight is 388 g/mol. The van der Waals surface area contributed by atoms with Gasteiger partial charge in [-0.2, -0.15) is 23.0 Å². The third-order valence-corrected chi connectivity index (χ3v) is 4.48. The van der Waals surface area contributed by atoms with Crippen LogP contribution in [0.3, 0.4) is 0 Å². The maximum absolute atomic E-state index is 12.6. The molecule has 2 N–H and O–H groups in total. The number of halogens is 4. The van der Waals surface area contributed by atoms with E-state index >= 15 is 0 Å². The molecule has 0 aliphatic carbocycles. The number of nitrogens with two attached hydrogens (primary N) is 1. The number of pyridine rings is 1. The predicted octanol–water partition coefficient (Wildman–Crippen LogP) is 1.61. The van der Waals surface area contributed by atoms with E-state index in [1.165, 1.54) is 6.20 Å². The van der Waals surface area contributed by atoms with Gasteiger partial charge in [-0.15, -0.1) is 0 Å². The molecular weight excluding hydrogens is 375 g/mol. The van der Waals surface area contributed by atoms with Crippen molar-refractivity contribution in [2.45, 2.75) is 12.6 Å². The summed E-state index contributed by atoms with van der Waals surface area (Å²) >= 11 is 6.12. The van der Waals surface area contributed by atoms with E-state index < -0.39 is 23.2 Å². The van der Waals surface area contributed by atoms with Crippen molar-refractivity contribution in [1.29, 1.82) is 0 Å². The molecule has 7 nitrogen and oxygen atoms in total. The molecule has 0 saturated carbocycles. The van der Waals surface area contributed by atoms with Crippen LogP contribution in [0.15, 0.2) is 29.3 Å². The van der Waals surface area contributed by atoms with Gasteiger partial charge >= 0.3 is 6.18 Å². The summed E-state index contributed by atoms with van der Waals surface area (Å²) in [4.78, 5) is 29.0. The lowest BCUT2D eigenvalue weighted by Crippen LogP contribution is -2.30. The predicted molar refractivity (Wildman–Crippen MR) is 87.2 cm³/mol. The molecule has 0 bridgehead atoms. The lowest BCUT2D eigenvalue weighted by atomic mass is 10.1. The van der Waals surface area contributed by atoms with E-state index in [1.54, 1.807) is 4.90 Å². The van der Waals surface area contributed by atoms with Crippen molar-refractivity contribution < 1.29 is 18.0 Å². The molecular formula is C15H13ClF3N5O2. The highest BCUT2D eigenvalue weighted by atomic mass is 35.5. The number of hydrogen-bond donors (Lipinski definition) is 1. The number of aromatic nitrogens is 3. The molecule has 26 heavy (non-hydrogen) atoms. The van der Waals surface area contributed by atoms with Crippen molar-refractivity contribution in [2.24, 2.45) is 11.7 Å². The number of carbonyl (C=O) groups excluding carboxylic acids is 1. The van der Waals surface area contributed by atoms with Crippen molar-refractivity contribution in [1.82, 2.24) is 14.8 Å². The highest BCUT2D eigenvalue weighted by Crippen LogP contribution is 2.29. The SMILES string of the molecule is NC(=O)C1CCN(c2cnn(-c3ccc(C(F)(F)F)cn3)c(=O)c2Cl)C1. The van der Waals surface area contributed by atoms with E-state index in [2.05, 4.69) is 10.1 Å². The summed E-state index contributed by atoms with van der Waals surface area (Å²) in [5.74, 6) is -0.864. The van der Waals surface area contributed by atoms with Crippen molar-refractivity contribution >= 4 is 23.2 Å². The topological polar surface area (TPSA) is 94.1 Å². The van der Waals surface area contributed by atoms with Crippen LogP contribution in [-0.4, -0.2) is 33.8 Å². The van der Waals surface area contributed by atoms with Crippen LogP contribution in [0.5, 0.6) is 0 Å². The molecule has 1 amide bonds. The molecule has 0 radical (unpaired) electrons. The Labute approximate surface area is 150 Å². The normalized spacial score (nSPS) is 17.5. The van der Waals surface area contributed by atoms with Crippen molar-refractivity contribution in [2.75, 3.05) is 18.0 Å². The van der Waals surface area contributed by atoms with E-state index in [0.29, 0.717) is 31.4 Å². The summed E-state index contributed by atoms with van der Waals surface area (Å²) in [6.45, 7) is 0.801. The first kappa shape index (κ1) is 18.2. The molecule has 0 spiro atoms. The molecule has 11 heteroatoms. The Kier molecular flexibility index (Phi) is 4.61. The molecule has 1 fully saturated rings. The molecule has 1 unspecified atom stereocenters. The molecule has 3 heterocycles. The first-order chi connectivity index (χ1) is 12.2. The molecule has 2 aromatic heterocycles. The van der Waals surface area contributed by atoms with E-state index in [4.69, 9.17) is 17.3 Å². The zero-order valence-electron chi connectivity index (χ0n) is 13.2. The summed E-state index contributed by atoms with van der Waals surface area (Å²) in [5.41, 5.74) is 3.96. The second-order valence-electron chi connectivity index (χ2n) is 5.80. The lowest BCUT2D eigenvalue weighted by Gasteiger charge is -2.19. The van der Waals surface area contributed by atoms with Gasteiger partial charge in [0.2, 0.25) is 5.91 Å². The van der Waals surface area contributed by atoms with Crippen LogP contribution >= 0.6 is 11.6 Å². The average Bonchev–Trinajstić information content (AvgIpc) is 3.07. The van der Waals surface area contributed by atoms with Crippen molar-refractivity contribution in [3.8, 4) is 5.82 Å². The second kappa shape index (κ2) is 6.60. The van der Waals surface area contributed by atoms with Crippen LogP contribution in [0.2, 0.25) is 5.02 Å². The smallest absolute Gasteiger partial charge is 0.369 e. The summed E-state index contributed by atoms with van der Waals surface area (Å²) in [6, 6.07) is 1.84. The highest BCUT2D eigenvalue weighted by molar-refractivity contribution is 6.33. The third-order valence-electron chi connectivity index (χ3n) is 4.12. The Balaban J connectivity index is 1.91. The number of primary amides is 1. The van der Waals surface area contributed by atoms with E-state index in [0.717, 1.165) is 16.8 Å². The number of amides is 1. The quantitative estimate of drug-likeness (QED) is 0.863. The fraction of sp³-hybridized carbons (Fsp3) is 0.333. The van der Waals surface area contributed by atoms with Gasteiger partial charge in [-0.25, -0.2) is 4.98 Å². The second-order valence-corrected chi connectivity index (χ2v) is 6.18. The van der Waals surface area contributed by atoms with E-state index in [9.17, 15) is 22.8 Å². The first-order valence-corrected chi connectivity index (χ1v) is 7.92. The molecule has 138 valence electrons. The van der Waals surface area contributed by atoms with Crippen LogP contribution in [0.1, 0.15) is 12.0 Å². The number of anilines is 1. The van der Waals surface area contributed by atoms with Gasteiger partial charge in [-0.1, -0.05) is 11.6 Å². The van der Waals surface area contributed by atoms with Gasteiger partial charge in [0.1, 0.15) is 5.02 Å². The van der Waals surface area contributed by atoms with Gasteiger partial charge in [0, 0.05) is 19.3 Å². The highest BCUT2D eigenvalue weighted by Gasteiger charge is 2.31. The maximum Gasteiger partial charge on any atom is 0.417 e. The molecule has 1 aliphatic heterocycles. The lowest BCUT2D eigenvalue weighted by molar-refractivity contribution is -0.137. The Bertz CT molecular complexity index is 898. The molecule has 1 atom stereocenters. The Hall–Kier alpha value is -2.62. The maximum atomic E-state index is 12.6. The monoisotopic (exact) mass is 387 g/mol. The fourth-order valence-electron chi connectivity index (χ4n) is 2.70. The molecule has 0 aromatic carbocycles. The standard InChI is InChI=1S/C15H13ClF3N5O2/c16-12-10(23-4-3-8(7-23)13(20)25)6-22-24(14(12)26)11-2-1-9(5-21-11)15(17,18)19/h1-2,5-6,8H,3-4,7H2,(H2,20,25). The largest absolute Gasteiger partial charge is 0.417 e. The van der Waals surface area contributed by atoms with Crippen LogP contribution in [0, 0.1) is 5.92 Å². The van der Waals surface area contributed by atoms with Gasteiger partial charge in [0.05, 0.1) is 23.4 Å². The summed E-state index contributed by atoms with van der Waals surface area (Å²) in [7, 11) is 0. The zero-order chi connectivity index (χ0) is 19.1. The molecule has 2 aromatic rings. The Morgan fingerprint density at radius 2 is 2.04 bits per heavy atom. The minimum atomic E-state index is -4.53. The van der Waals surface area contributed by atoms with Gasteiger partial charge in [-0.3, -0.25) is 9.59 Å². The molecule has 3 rings (SSSR count). The van der Waals surface area contributed by atoms with Crippen LogP contribution in [0.4, 0.5) is 18.9 Å². The van der Waals surface area contributed by atoms with Crippen molar-refractivity contribution in [3.63, 3.8) is 0 Å². The fourth-order valence-corrected chi connectivity index (χ4v) is 2.95. The minimum absolute atomic E-state index is 0.0899. The Morgan fingerprint density at radius 3 is 2.58 bits per heavy atom. The summed E-state index contributed by atoms with van der Waals surface area (Å²) in [5, 5.41) is 3.77. The third kappa shape index (κ3) is 3.36. The van der Waals surface area contributed by atoms with Gasteiger partial charge < -0.3 is 10.6 Å². The van der Waals surface area contributed by atoms with Crippen molar-refractivity contribution in [3.05, 3.63) is 45.5 Å². The molecule has 1 saturated heterocycles. The number of alkyl halides is 3. The van der Waals surface area contributed by atoms with Gasteiger partial charge in [0.25, 0.3) is 5.56 Å². The van der Waals surface area contributed by atoms with Crippen LogP contribution < -0.4 is 16.2 Å². The van der Waals surface area contributed by atoms with Gasteiger partial charge in [0.15, 0.2) is 5.82 Å². The number of hydrogen-bond acceptors (Lipinski definition) is 5. The number of nitrogens with zero attached hydrogens (tertiary/aromatic N) is 4. The first-order valence-electron chi connectivity index (χ1n) is 7.54. The van der Waals surface area contributed by atoms with E-state index in [-0.39, 0.29) is 16.8 Å². The summed E-state index contributed by atoms with van der Waals surface area (Å²) in [6.07, 6.45) is -2.07. The summed E-state index contributed by atoms with van der Waals surface area (Å²) < 4.78 is 38.6. The van der Waals surface area contributed by atoms with E-state index in [1.807, 2.05) is 0 Å². The Morgan fingerprint density at radius 1 is 1.31 bits per heavy atom. The number of rotatable bonds is 3. The van der Waals surface area contributed by atoms with Crippen LogP contribution in [-0.2, 0) is 11.0 Å². The molecule has 1 aliphatic rings. The van der Waals surface area contributed by atoms with Crippen LogP contribution in [0.25, 0.3) is 5.82 Å². The van der Waals surface area contributed by atoms with Gasteiger partial charge in [-0.05, 0) is 18.6 Å². The minimum Gasteiger partial charge on any atom is -0.369 e.